The van der Waals surface area contributed by atoms with Crippen molar-refractivity contribution in [2.75, 3.05) is 18.2 Å². The van der Waals surface area contributed by atoms with Gasteiger partial charge in [-0.15, -0.1) is 11.8 Å². The molecule has 1 amide bonds. The molecule has 0 unspecified atom stereocenters. The summed E-state index contributed by atoms with van der Waals surface area (Å²) in [5.41, 5.74) is 2.17. The van der Waals surface area contributed by atoms with E-state index < -0.39 is 0 Å². The van der Waals surface area contributed by atoms with E-state index >= 15 is 0 Å². The number of hydrogen-bond donors (Lipinski definition) is 1. The lowest BCUT2D eigenvalue weighted by Gasteiger charge is -2.12. The van der Waals surface area contributed by atoms with E-state index in [2.05, 4.69) is 10.1 Å². The van der Waals surface area contributed by atoms with Crippen LogP contribution in [0.15, 0.2) is 78.9 Å². The molecule has 148 valence electrons. The molecule has 0 aromatic heterocycles. The van der Waals surface area contributed by atoms with Gasteiger partial charge in [0.2, 0.25) is 5.91 Å². The van der Waals surface area contributed by atoms with E-state index in [0.717, 1.165) is 5.56 Å². The Kier molecular flexibility index (Phi) is 7.30. The maximum absolute atomic E-state index is 12.3. The Morgan fingerprint density at radius 3 is 2.31 bits per heavy atom. The Morgan fingerprint density at radius 2 is 1.59 bits per heavy atom. The second-order valence-corrected chi connectivity index (χ2v) is 7.13. The van der Waals surface area contributed by atoms with Crippen LogP contribution in [0.5, 0.6) is 11.5 Å². The molecule has 0 spiro atoms. The van der Waals surface area contributed by atoms with Gasteiger partial charge in [0.15, 0.2) is 5.75 Å². The molecule has 0 heterocycles. The van der Waals surface area contributed by atoms with E-state index in [4.69, 9.17) is 4.74 Å². The van der Waals surface area contributed by atoms with Crippen LogP contribution in [0.2, 0.25) is 0 Å². The Balaban J connectivity index is 1.51. The smallest absolute Gasteiger partial charge is 0.337 e. The Bertz CT molecular complexity index is 958. The highest BCUT2D eigenvalue weighted by molar-refractivity contribution is 7.99. The quantitative estimate of drug-likeness (QED) is 0.524. The number of amides is 1. The summed E-state index contributed by atoms with van der Waals surface area (Å²) in [5, 5.41) is 2.90. The van der Waals surface area contributed by atoms with Gasteiger partial charge in [-0.1, -0.05) is 42.5 Å². The summed E-state index contributed by atoms with van der Waals surface area (Å²) in [6.45, 7) is 0. The zero-order chi connectivity index (χ0) is 20.5. The molecule has 0 radical (unpaired) electrons. The molecule has 1 N–H and O–H groups in total. The van der Waals surface area contributed by atoms with Gasteiger partial charge in [-0.05, 0) is 42.0 Å². The average Bonchev–Trinajstić information content (AvgIpc) is 2.76. The van der Waals surface area contributed by atoms with E-state index in [1.165, 1.54) is 18.9 Å². The van der Waals surface area contributed by atoms with Gasteiger partial charge in [0.05, 0.1) is 24.1 Å². The van der Waals surface area contributed by atoms with Crippen LogP contribution >= 0.6 is 11.8 Å². The molecule has 5 nitrogen and oxygen atoms in total. The summed E-state index contributed by atoms with van der Waals surface area (Å²) in [6.07, 6.45) is 0. The predicted molar refractivity (Wildman–Crippen MR) is 116 cm³/mol. The molecule has 0 aliphatic rings. The van der Waals surface area contributed by atoms with Gasteiger partial charge in [-0.3, -0.25) is 4.79 Å². The van der Waals surface area contributed by atoms with Crippen molar-refractivity contribution in [2.24, 2.45) is 0 Å². The highest BCUT2D eigenvalue weighted by atomic mass is 32.2. The number of esters is 1. The molecule has 3 aromatic carbocycles. The molecule has 0 aliphatic carbocycles. The predicted octanol–water partition coefficient (Wildman–Crippen LogP) is 5.14. The van der Waals surface area contributed by atoms with E-state index in [1.54, 1.807) is 12.1 Å². The standard InChI is InChI=1S/C23H21NO4S/c1-27-23(26)18-13-11-17(12-14-18)15-29-16-22(25)24-20-9-5-6-10-21(20)28-19-7-3-2-4-8-19/h2-14H,15-16H2,1H3,(H,24,25). The van der Waals surface area contributed by atoms with Crippen molar-refractivity contribution in [3.63, 3.8) is 0 Å². The minimum Gasteiger partial charge on any atom is -0.465 e. The van der Waals surface area contributed by atoms with Crippen molar-refractivity contribution in [3.8, 4) is 11.5 Å². The molecule has 0 aliphatic heterocycles. The van der Waals surface area contributed by atoms with Crippen LogP contribution in [0.25, 0.3) is 0 Å². The van der Waals surface area contributed by atoms with E-state index in [1.807, 2.05) is 66.7 Å². The summed E-state index contributed by atoms with van der Waals surface area (Å²) in [5.74, 6) is 1.80. The number of carbonyl (C=O) groups is 2. The number of benzene rings is 3. The SMILES string of the molecule is COC(=O)c1ccc(CSCC(=O)Nc2ccccc2Oc2ccccc2)cc1. The van der Waals surface area contributed by atoms with Crippen molar-refractivity contribution in [3.05, 3.63) is 90.0 Å². The van der Waals surface area contributed by atoms with Crippen LogP contribution in [0.1, 0.15) is 15.9 Å². The number of para-hydroxylation sites is 3. The summed E-state index contributed by atoms with van der Waals surface area (Å²) in [4.78, 5) is 23.8. The zero-order valence-electron chi connectivity index (χ0n) is 16.0. The maximum Gasteiger partial charge on any atom is 0.337 e. The van der Waals surface area contributed by atoms with Gasteiger partial charge in [0.25, 0.3) is 0 Å². The van der Waals surface area contributed by atoms with Crippen molar-refractivity contribution >= 4 is 29.3 Å². The molecule has 0 fully saturated rings. The fraction of sp³-hybridized carbons (Fsp3) is 0.130. The maximum atomic E-state index is 12.3. The lowest BCUT2D eigenvalue weighted by molar-refractivity contribution is -0.113. The molecule has 0 bridgehead atoms. The van der Waals surface area contributed by atoms with Gasteiger partial charge >= 0.3 is 5.97 Å². The Hall–Kier alpha value is -3.25. The summed E-state index contributed by atoms with van der Waals surface area (Å²) in [7, 11) is 1.35. The van der Waals surface area contributed by atoms with Crippen molar-refractivity contribution in [1.29, 1.82) is 0 Å². The van der Waals surface area contributed by atoms with Crippen LogP contribution < -0.4 is 10.1 Å². The van der Waals surface area contributed by atoms with Gasteiger partial charge in [-0.2, -0.15) is 0 Å². The van der Waals surface area contributed by atoms with Gasteiger partial charge in [0, 0.05) is 5.75 Å². The van der Waals surface area contributed by atoms with E-state index in [9.17, 15) is 9.59 Å². The van der Waals surface area contributed by atoms with Crippen LogP contribution in [0.4, 0.5) is 5.69 Å². The first kappa shape index (κ1) is 20.5. The number of thioether (sulfide) groups is 1. The first-order valence-corrected chi connectivity index (χ1v) is 10.2. The number of nitrogens with one attached hydrogen (secondary N) is 1. The van der Waals surface area contributed by atoms with Gasteiger partial charge in [-0.25, -0.2) is 4.79 Å². The molecule has 6 heteroatoms. The Labute approximate surface area is 174 Å². The van der Waals surface area contributed by atoms with E-state index in [-0.39, 0.29) is 11.9 Å². The third-order valence-corrected chi connectivity index (χ3v) is 5.01. The molecule has 29 heavy (non-hydrogen) atoms. The minimum atomic E-state index is -0.361. The monoisotopic (exact) mass is 407 g/mol. The van der Waals surface area contributed by atoms with Gasteiger partial charge < -0.3 is 14.8 Å². The summed E-state index contributed by atoms with van der Waals surface area (Å²) in [6, 6.07) is 23.9. The fourth-order valence-corrected chi connectivity index (χ4v) is 3.36. The first-order chi connectivity index (χ1) is 14.2. The molecule has 0 saturated carbocycles. The number of ether oxygens (including phenoxy) is 2. The molecule has 0 atom stereocenters. The molecule has 0 saturated heterocycles. The van der Waals surface area contributed by atoms with Crippen LogP contribution in [0.3, 0.4) is 0 Å². The molecular formula is C23H21NO4S. The minimum absolute atomic E-state index is 0.106. The number of anilines is 1. The van der Waals surface area contributed by atoms with Crippen LogP contribution in [0, 0.1) is 0 Å². The molecular weight excluding hydrogens is 386 g/mol. The summed E-state index contributed by atoms with van der Waals surface area (Å²) < 4.78 is 10.5. The summed E-state index contributed by atoms with van der Waals surface area (Å²) >= 11 is 1.49. The third kappa shape index (κ3) is 6.12. The second kappa shape index (κ2) is 10.3. The number of carbonyl (C=O) groups excluding carboxylic acids is 2. The van der Waals surface area contributed by atoms with Gasteiger partial charge in [0.1, 0.15) is 5.75 Å². The van der Waals surface area contributed by atoms with Crippen molar-refractivity contribution in [1.82, 2.24) is 0 Å². The van der Waals surface area contributed by atoms with Crippen molar-refractivity contribution in [2.45, 2.75) is 5.75 Å². The highest BCUT2D eigenvalue weighted by Gasteiger charge is 2.09. The lowest BCUT2D eigenvalue weighted by atomic mass is 10.1. The fourth-order valence-electron chi connectivity index (χ4n) is 2.58. The second-order valence-electron chi connectivity index (χ2n) is 6.14. The number of methoxy groups -OCH3 is 1. The number of rotatable bonds is 8. The van der Waals surface area contributed by atoms with Crippen molar-refractivity contribution < 1.29 is 19.1 Å². The largest absolute Gasteiger partial charge is 0.465 e. The lowest BCUT2D eigenvalue weighted by Crippen LogP contribution is -2.14. The topological polar surface area (TPSA) is 64.6 Å². The number of hydrogen-bond acceptors (Lipinski definition) is 5. The molecule has 3 aromatic rings. The molecule has 3 rings (SSSR count). The average molecular weight is 407 g/mol. The Morgan fingerprint density at radius 1 is 0.897 bits per heavy atom. The third-order valence-electron chi connectivity index (χ3n) is 4.01. The first-order valence-electron chi connectivity index (χ1n) is 9.02. The zero-order valence-corrected chi connectivity index (χ0v) is 16.8. The van der Waals surface area contributed by atoms with Crippen LogP contribution in [-0.4, -0.2) is 24.7 Å². The highest BCUT2D eigenvalue weighted by Crippen LogP contribution is 2.29. The normalized spacial score (nSPS) is 10.2. The van der Waals surface area contributed by atoms with E-state index in [0.29, 0.717) is 34.3 Å². The van der Waals surface area contributed by atoms with Crippen LogP contribution in [-0.2, 0) is 15.3 Å².